The van der Waals surface area contributed by atoms with Gasteiger partial charge in [-0.15, -0.1) is 0 Å². The first-order chi connectivity index (χ1) is 10.7. The Kier molecular flexibility index (Phi) is 6.90. The van der Waals surface area contributed by atoms with Crippen LogP contribution in [0.5, 0.6) is 0 Å². The summed E-state index contributed by atoms with van der Waals surface area (Å²) >= 11 is 0. The van der Waals surface area contributed by atoms with Crippen molar-refractivity contribution < 1.29 is 63.2 Å². The third-order valence-electron chi connectivity index (χ3n) is 3.85. The molecule has 0 radical (unpaired) electrons. The van der Waals surface area contributed by atoms with E-state index in [4.69, 9.17) is 9.47 Å². The number of hydrogen-bond donors (Lipinski definition) is 0. The predicted molar refractivity (Wildman–Crippen MR) is 75.7 cm³/mol. The Hall–Kier alpha value is -1.05. The Balaban J connectivity index is 0.00000288. The third kappa shape index (κ3) is 3.95. The van der Waals surface area contributed by atoms with Crippen molar-refractivity contribution in [3.05, 3.63) is 34.9 Å². The molecule has 24 heavy (non-hydrogen) atoms. The molecule has 1 aliphatic carbocycles. The normalized spacial score (nSPS) is 15.2. The number of carbonyl (C=O) groups is 2. The number of carbonyl (C=O) groups excluding carboxylic acids is 2. The van der Waals surface area contributed by atoms with E-state index >= 15 is 0 Å². The number of halogens is 3. The summed E-state index contributed by atoms with van der Waals surface area (Å²) in [5, 5.41) is 0. The zero-order valence-corrected chi connectivity index (χ0v) is 15.8. The summed E-state index contributed by atoms with van der Waals surface area (Å²) in [4.78, 5) is 24.6. The molecule has 2 rings (SSSR count). The second kappa shape index (κ2) is 7.89. The first-order valence-electron chi connectivity index (χ1n) is 7.28. The van der Waals surface area contributed by atoms with E-state index in [1.807, 2.05) is 0 Å². The molecule has 128 valence electrons. The van der Waals surface area contributed by atoms with Crippen LogP contribution in [0.2, 0.25) is 0 Å². The van der Waals surface area contributed by atoms with Gasteiger partial charge in [0, 0.05) is 0 Å². The first kappa shape index (κ1) is 21.0. The van der Waals surface area contributed by atoms with E-state index in [0.717, 1.165) is 12.1 Å². The van der Waals surface area contributed by atoms with Crippen molar-refractivity contribution in [2.24, 2.45) is 5.41 Å². The summed E-state index contributed by atoms with van der Waals surface area (Å²) in [5.41, 5.74) is -1.56. The van der Waals surface area contributed by atoms with Gasteiger partial charge in [-0.25, -0.2) is 0 Å². The molecule has 1 aromatic carbocycles. The van der Waals surface area contributed by atoms with Gasteiger partial charge in [-0.3, -0.25) is 9.59 Å². The minimum atomic E-state index is -4.48. The van der Waals surface area contributed by atoms with Gasteiger partial charge >= 0.3 is 47.7 Å². The van der Waals surface area contributed by atoms with Crippen LogP contribution in [0.25, 0.3) is 0 Å². The van der Waals surface area contributed by atoms with E-state index in [2.05, 4.69) is 0 Å². The van der Waals surface area contributed by atoms with Crippen LogP contribution in [0.1, 0.15) is 32.0 Å². The van der Waals surface area contributed by atoms with Crippen LogP contribution in [0.3, 0.4) is 0 Å². The van der Waals surface area contributed by atoms with Gasteiger partial charge in [0.1, 0.15) is 0 Å². The Morgan fingerprint density at radius 3 is 2.04 bits per heavy atom. The molecule has 4 nitrogen and oxygen atoms in total. The van der Waals surface area contributed by atoms with Gasteiger partial charge in [0.15, 0.2) is 5.41 Å². The zero-order valence-electron chi connectivity index (χ0n) is 14.8. The maximum absolute atomic E-state index is 12.8. The van der Waals surface area contributed by atoms with Crippen LogP contribution in [0, 0.1) is 5.41 Å². The molecule has 0 N–H and O–H groups in total. The number of ether oxygens (including phenoxy) is 2. The summed E-state index contributed by atoms with van der Waals surface area (Å²) in [6.07, 6.45) is -4.64. The number of fused-ring (bicyclic) bond motifs is 1. The van der Waals surface area contributed by atoms with Gasteiger partial charge < -0.3 is 10.9 Å². The molecule has 8 heteroatoms. The maximum atomic E-state index is 12.8. The summed E-state index contributed by atoms with van der Waals surface area (Å²) in [6, 6.07) is 3.24. The van der Waals surface area contributed by atoms with E-state index in [1.54, 1.807) is 13.8 Å². The minimum absolute atomic E-state index is 0. The number of hydrogen-bond acceptors (Lipinski definition) is 4. The van der Waals surface area contributed by atoms with Crippen molar-refractivity contribution in [1.29, 1.82) is 0 Å². The fourth-order valence-electron chi connectivity index (χ4n) is 2.76. The predicted octanol–water partition coefficient (Wildman–Crippen LogP) is 0.0331. The molecule has 0 heterocycles. The van der Waals surface area contributed by atoms with Crippen molar-refractivity contribution in [2.75, 3.05) is 13.2 Å². The summed E-state index contributed by atoms with van der Waals surface area (Å²) < 4.78 is 48.4. The smallest absolute Gasteiger partial charge is 1.00 e. The van der Waals surface area contributed by atoms with Crippen LogP contribution in [0.15, 0.2) is 18.2 Å². The maximum Gasteiger partial charge on any atom is 1.00 e. The SMILES string of the molecule is CCOC(=O)C1(C(=O)OCC)Cc2ccc(C(F)(F)F)cc2C1.[H-].[Na+]. The van der Waals surface area contributed by atoms with Crippen LogP contribution in [0.4, 0.5) is 13.2 Å². The Morgan fingerprint density at radius 2 is 1.58 bits per heavy atom. The van der Waals surface area contributed by atoms with E-state index in [-0.39, 0.29) is 57.0 Å². The van der Waals surface area contributed by atoms with Gasteiger partial charge in [-0.2, -0.15) is 13.2 Å². The Bertz CT molecular complexity index is 616. The largest absolute Gasteiger partial charge is 1.00 e. The fraction of sp³-hybridized carbons (Fsp3) is 0.500. The van der Waals surface area contributed by atoms with E-state index in [9.17, 15) is 22.8 Å². The number of rotatable bonds is 4. The molecule has 0 saturated heterocycles. The van der Waals surface area contributed by atoms with Crippen molar-refractivity contribution in [1.82, 2.24) is 0 Å². The quantitative estimate of drug-likeness (QED) is 0.435. The van der Waals surface area contributed by atoms with Gasteiger partial charge in [-0.1, -0.05) is 6.07 Å². The zero-order chi connectivity index (χ0) is 17.3. The average Bonchev–Trinajstić information content (AvgIpc) is 2.86. The Morgan fingerprint density at radius 1 is 1.08 bits per heavy atom. The topological polar surface area (TPSA) is 52.6 Å². The number of benzene rings is 1. The van der Waals surface area contributed by atoms with Gasteiger partial charge in [0.05, 0.1) is 18.8 Å². The molecule has 1 aromatic rings. The molecule has 1 aliphatic rings. The third-order valence-corrected chi connectivity index (χ3v) is 3.85. The van der Waals surface area contributed by atoms with Gasteiger partial charge in [-0.05, 0) is 49.9 Å². The minimum Gasteiger partial charge on any atom is -1.00 e. The van der Waals surface area contributed by atoms with Gasteiger partial charge in [0.25, 0.3) is 0 Å². The number of alkyl halides is 3. The second-order valence-corrected chi connectivity index (χ2v) is 5.36. The van der Waals surface area contributed by atoms with Crippen molar-refractivity contribution in [2.45, 2.75) is 32.9 Å². The van der Waals surface area contributed by atoms with E-state index < -0.39 is 29.1 Å². The molecule has 0 unspecified atom stereocenters. The van der Waals surface area contributed by atoms with Gasteiger partial charge in [0.2, 0.25) is 0 Å². The molecular formula is C16H18F3NaO4. The first-order valence-corrected chi connectivity index (χ1v) is 7.28. The monoisotopic (exact) mass is 354 g/mol. The standard InChI is InChI=1S/C16H17F3O4.Na.H/c1-3-22-13(20)15(14(21)23-4-2)8-10-5-6-12(16(17,18)19)7-11(10)9-15;;/h5-7H,3-4,8-9H2,1-2H3;;/q;+1;-1. The molecule has 0 bridgehead atoms. The summed E-state index contributed by atoms with van der Waals surface area (Å²) in [7, 11) is 0. The number of esters is 2. The second-order valence-electron chi connectivity index (χ2n) is 5.36. The molecule has 0 amide bonds. The molecule has 0 aliphatic heterocycles. The van der Waals surface area contributed by atoms with E-state index in [0.29, 0.717) is 11.1 Å². The molecule has 0 aromatic heterocycles. The summed E-state index contributed by atoms with van der Waals surface area (Å²) in [6.45, 7) is 3.34. The van der Waals surface area contributed by atoms with Crippen molar-refractivity contribution in [3.8, 4) is 0 Å². The van der Waals surface area contributed by atoms with Crippen LogP contribution in [-0.2, 0) is 38.1 Å². The van der Waals surface area contributed by atoms with Crippen LogP contribution < -0.4 is 29.6 Å². The molecular weight excluding hydrogens is 336 g/mol. The van der Waals surface area contributed by atoms with E-state index in [1.165, 1.54) is 6.07 Å². The van der Waals surface area contributed by atoms with Crippen molar-refractivity contribution in [3.63, 3.8) is 0 Å². The fourth-order valence-corrected chi connectivity index (χ4v) is 2.76. The summed E-state index contributed by atoms with van der Waals surface area (Å²) in [5.74, 6) is -1.52. The van der Waals surface area contributed by atoms with Crippen LogP contribution in [-0.4, -0.2) is 25.2 Å². The average molecular weight is 354 g/mol. The molecule has 0 atom stereocenters. The van der Waals surface area contributed by atoms with Crippen LogP contribution >= 0.6 is 0 Å². The molecule has 0 saturated carbocycles. The Labute approximate surface area is 161 Å². The molecule has 0 fully saturated rings. The molecule has 0 spiro atoms. The van der Waals surface area contributed by atoms with Crippen molar-refractivity contribution >= 4 is 11.9 Å².